The highest BCUT2D eigenvalue weighted by Crippen LogP contribution is 2.10. The van der Waals surface area contributed by atoms with Crippen molar-refractivity contribution in [1.82, 2.24) is 4.57 Å². The lowest BCUT2D eigenvalue weighted by Gasteiger charge is -2.04. The van der Waals surface area contributed by atoms with Crippen molar-refractivity contribution in [2.24, 2.45) is 0 Å². The first-order chi connectivity index (χ1) is 9.22. The van der Waals surface area contributed by atoms with Crippen LogP contribution in [0.25, 0.3) is 0 Å². The summed E-state index contributed by atoms with van der Waals surface area (Å²) in [5.74, 6) is 0.239. The molecule has 0 saturated carbocycles. The standard InChI is InChI=1S/C17H21NO/c1-3-5-17(19)16-10-11-18(13-16)12-15-8-6-14(4-2)7-9-15/h6-11,13H,3-5,12H2,1-2H3. The summed E-state index contributed by atoms with van der Waals surface area (Å²) < 4.78 is 2.07. The van der Waals surface area contributed by atoms with Gasteiger partial charge in [-0.05, 0) is 30.0 Å². The van der Waals surface area contributed by atoms with E-state index in [1.165, 1.54) is 11.1 Å². The Hall–Kier alpha value is -1.83. The van der Waals surface area contributed by atoms with Crippen LogP contribution in [-0.2, 0) is 13.0 Å². The maximum atomic E-state index is 11.8. The summed E-state index contributed by atoms with van der Waals surface area (Å²) in [4.78, 5) is 11.8. The first kappa shape index (κ1) is 13.6. The molecule has 0 aliphatic rings. The smallest absolute Gasteiger partial charge is 0.164 e. The number of aryl methyl sites for hydroxylation is 1. The fraction of sp³-hybridized carbons (Fsp3) is 0.353. The summed E-state index contributed by atoms with van der Waals surface area (Å²) in [7, 11) is 0. The quantitative estimate of drug-likeness (QED) is 0.713. The van der Waals surface area contributed by atoms with Gasteiger partial charge in [0.25, 0.3) is 0 Å². The van der Waals surface area contributed by atoms with Crippen LogP contribution in [0.15, 0.2) is 42.7 Å². The predicted molar refractivity (Wildman–Crippen MR) is 78.6 cm³/mol. The van der Waals surface area contributed by atoms with Crippen LogP contribution in [0, 0.1) is 0 Å². The van der Waals surface area contributed by atoms with Crippen LogP contribution in [-0.4, -0.2) is 10.4 Å². The van der Waals surface area contributed by atoms with E-state index in [1.54, 1.807) is 0 Å². The summed E-state index contributed by atoms with van der Waals surface area (Å²) in [5, 5.41) is 0. The molecular weight excluding hydrogens is 234 g/mol. The fourth-order valence-corrected chi connectivity index (χ4v) is 2.17. The van der Waals surface area contributed by atoms with Gasteiger partial charge in [0.1, 0.15) is 0 Å². The summed E-state index contributed by atoms with van der Waals surface area (Å²) >= 11 is 0. The van der Waals surface area contributed by atoms with E-state index >= 15 is 0 Å². The fourth-order valence-electron chi connectivity index (χ4n) is 2.17. The van der Waals surface area contributed by atoms with E-state index in [9.17, 15) is 4.79 Å². The normalized spacial score (nSPS) is 10.6. The maximum absolute atomic E-state index is 11.8. The number of nitrogens with zero attached hydrogens (tertiary/aromatic N) is 1. The summed E-state index contributed by atoms with van der Waals surface area (Å²) in [6, 6.07) is 10.6. The van der Waals surface area contributed by atoms with Gasteiger partial charge in [-0.1, -0.05) is 38.1 Å². The van der Waals surface area contributed by atoms with E-state index in [0.29, 0.717) is 6.42 Å². The third-order valence-corrected chi connectivity index (χ3v) is 3.35. The zero-order valence-electron chi connectivity index (χ0n) is 11.7. The van der Waals surface area contributed by atoms with Gasteiger partial charge in [0.15, 0.2) is 5.78 Å². The van der Waals surface area contributed by atoms with Crippen molar-refractivity contribution >= 4 is 5.78 Å². The zero-order chi connectivity index (χ0) is 13.7. The molecule has 0 N–H and O–H groups in total. The molecular formula is C17H21NO. The van der Waals surface area contributed by atoms with Crippen molar-refractivity contribution in [1.29, 1.82) is 0 Å². The van der Waals surface area contributed by atoms with E-state index in [0.717, 1.165) is 24.9 Å². The number of Topliss-reactive ketones (excluding diaryl/α,β-unsaturated/α-hetero) is 1. The number of hydrogen-bond acceptors (Lipinski definition) is 1. The number of carbonyl (C=O) groups is 1. The minimum atomic E-state index is 0.239. The molecule has 2 nitrogen and oxygen atoms in total. The minimum Gasteiger partial charge on any atom is -0.349 e. The zero-order valence-corrected chi connectivity index (χ0v) is 11.7. The highest BCUT2D eigenvalue weighted by atomic mass is 16.1. The van der Waals surface area contributed by atoms with Crippen molar-refractivity contribution in [3.8, 4) is 0 Å². The Morgan fingerprint density at radius 3 is 2.37 bits per heavy atom. The van der Waals surface area contributed by atoms with Gasteiger partial charge in [0.2, 0.25) is 0 Å². The third kappa shape index (κ3) is 3.57. The van der Waals surface area contributed by atoms with E-state index in [1.807, 2.05) is 25.4 Å². The van der Waals surface area contributed by atoms with Crippen molar-refractivity contribution < 1.29 is 4.79 Å². The van der Waals surface area contributed by atoms with Gasteiger partial charge in [-0.3, -0.25) is 4.79 Å². The Morgan fingerprint density at radius 2 is 1.74 bits per heavy atom. The predicted octanol–water partition coefficient (Wildman–Crippen LogP) is 4.08. The average Bonchev–Trinajstić information content (AvgIpc) is 2.88. The van der Waals surface area contributed by atoms with Gasteiger partial charge in [-0.2, -0.15) is 0 Å². The molecule has 2 heteroatoms. The van der Waals surface area contributed by atoms with Gasteiger partial charge in [-0.15, -0.1) is 0 Å². The van der Waals surface area contributed by atoms with E-state index in [-0.39, 0.29) is 5.78 Å². The number of hydrogen-bond donors (Lipinski definition) is 0. The molecule has 0 saturated heterocycles. The lowest BCUT2D eigenvalue weighted by atomic mass is 10.1. The summed E-state index contributed by atoms with van der Waals surface area (Å²) in [6.07, 6.45) is 6.54. The van der Waals surface area contributed by atoms with Crippen molar-refractivity contribution in [2.45, 2.75) is 39.7 Å². The molecule has 0 spiro atoms. The van der Waals surface area contributed by atoms with E-state index < -0.39 is 0 Å². The minimum absolute atomic E-state index is 0.239. The molecule has 0 fully saturated rings. The van der Waals surface area contributed by atoms with Crippen LogP contribution in [0.1, 0.15) is 48.2 Å². The van der Waals surface area contributed by atoms with Crippen molar-refractivity contribution in [3.05, 3.63) is 59.4 Å². The Labute approximate surface area is 115 Å². The molecule has 100 valence electrons. The molecule has 0 unspecified atom stereocenters. The SMILES string of the molecule is CCCC(=O)c1ccn(Cc2ccc(CC)cc2)c1. The molecule has 0 aliphatic carbocycles. The molecule has 0 radical (unpaired) electrons. The Balaban J connectivity index is 2.04. The Bertz CT molecular complexity index is 537. The number of ketones is 1. The van der Waals surface area contributed by atoms with Crippen LogP contribution in [0.3, 0.4) is 0 Å². The van der Waals surface area contributed by atoms with E-state index in [4.69, 9.17) is 0 Å². The Kier molecular flexibility index (Phi) is 4.56. The van der Waals surface area contributed by atoms with Gasteiger partial charge >= 0.3 is 0 Å². The topological polar surface area (TPSA) is 22.0 Å². The van der Waals surface area contributed by atoms with E-state index in [2.05, 4.69) is 35.8 Å². The summed E-state index contributed by atoms with van der Waals surface area (Å²) in [5.41, 5.74) is 3.45. The van der Waals surface area contributed by atoms with Gasteiger partial charge in [0, 0.05) is 30.9 Å². The highest BCUT2D eigenvalue weighted by Gasteiger charge is 2.06. The lowest BCUT2D eigenvalue weighted by Crippen LogP contribution is -1.99. The van der Waals surface area contributed by atoms with Crippen molar-refractivity contribution in [3.63, 3.8) is 0 Å². The summed E-state index contributed by atoms with van der Waals surface area (Å²) in [6.45, 7) is 5.01. The Morgan fingerprint density at radius 1 is 1.05 bits per heavy atom. The largest absolute Gasteiger partial charge is 0.349 e. The molecule has 2 rings (SSSR count). The molecule has 0 atom stereocenters. The first-order valence-electron chi connectivity index (χ1n) is 6.99. The second-order valence-corrected chi connectivity index (χ2v) is 4.92. The van der Waals surface area contributed by atoms with Crippen LogP contribution in [0.2, 0.25) is 0 Å². The van der Waals surface area contributed by atoms with Gasteiger partial charge in [-0.25, -0.2) is 0 Å². The third-order valence-electron chi connectivity index (χ3n) is 3.35. The number of rotatable bonds is 6. The van der Waals surface area contributed by atoms with Crippen LogP contribution in [0.5, 0.6) is 0 Å². The molecule has 0 bridgehead atoms. The monoisotopic (exact) mass is 255 g/mol. The molecule has 1 aromatic carbocycles. The second-order valence-electron chi connectivity index (χ2n) is 4.92. The van der Waals surface area contributed by atoms with Crippen molar-refractivity contribution in [2.75, 3.05) is 0 Å². The maximum Gasteiger partial charge on any atom is 0.164 e. The van der Waals surface area contributed by atoms with Gasteiger partial charge < -0.3 is 4.57 Å². The molecule has 19 heavy (non-hydrogen) atoms. The van der Waals surface area contributed by atoms with Crippen LogP contribution < -0.4 is 0 Å². The molecule has 2 aromatic rings. The number of benzene rings is 1. The average molecular weight is 255 g/mol. The van der Waals surface area contributed by atoms with Gasteiger partial charge in [0.05, 0.1) is 0 Å². The molecule has 0 amide bonds. The van der Waals surface area contributed by atoms with Crippen LogP contribution in [0.4, 0.5) is 0 Å². The first-order valence-corrected chi connectivity index (χ1v) is 6.99. The number of aromatic nitrogens is 1. The molecule has 1 heterocycles. The second kappa shape index (κ2) is 6.37. The highest BCUT2D eigenvalue weighted by molar-refractivity contribution is 5.95. The van der Waals surface area contributed by atoms with Crippen LogP contribution >= 0.6 is 0 Å². The molecule has 0 aliphatic heterocycles. The number of carbonyl (C=O) groups excluding carboxylic acids is 1. The lowest BCUT2D eigenvalue weighted by molar-refractivity contribution is 0.0981. The molecule has 1 aromatic heterocycles.